The Labute approximate surface area is 79.4 Å². The zero-order chi connectivity index (χ0) is 8.48. The fourth-order valence-electron chi connectivity index (χ4n) is 1.51. The summed E-state index contributed by atoms with van der Waals surface area (Å²) in [5.74, 6) is -0.703. The van der Waals surface area contributed by atoms with Crippen molar-refractivity contribution in [3.05, 3.63) is 0 Å². The van der Waals surface area contributed by atoms with Gasteiger partial charge in [-0.15, -0.1) is 0 Å². The van der Waals surface area contributed by atoms with E-state index in [9.17, 15) is 4.79 Å². The molecule has 0 spiro atoms. The maximum Gasteiger partial charge on any atom is 0.306 e. The van der Waals surface area contributed by atoms with Crippen molar-refractivity contribution in [2.45, 2.75) is 12.8 Å². The van der Waals surface area contributed by atoms with E-state index in [0.717, 1.165) is 30.4 Å². The largest absolute Gasteiger partial charge is 1.00 e. The number of hydrogen-bond donors (Lipinski definition) is 1. The molecule has 0 aromatic heterocycles. The molecule has 12 heavy (non-hydrogen) atoms. The Morgan fingerprint density at radius 3 is 2.08 bits per heavy atom. The van der Waals surface area contributed by atoms with Crippen molar-refractivity contribution in [2.24, 2.45) is 5.92 Å². The van der Waals surface area contributed by atoms with Crippen LogP contribution in [0.15, 0.2) is 0 Å². The van der Waals surface area contributed by atoms with Crippen molar-refractivity contribution in [2.75, 3.05) is 27.2 Å². The number of quaternary nitrogens is 1. The number of halogens is 1. The van der Waals surface area contributed by atoms with Gasteiger partial charge < -0.3 is 22.0 Å². The van der Waals surface area contributed by atoms with E-state index in [2.05, 4.69) is 14.1 Å². The predicted octanol–water partition coefficient (Wildman–Crippen LogP) is -2.44. The molecule has 3 nitrogen and oxygen atoms in total. The summed E-state index contributed by atoms with van der Waals surface area (Å²) in [5, 5.41) is 8.70. The van der Waals surface area contributed by atoms with Crippen molar-refractivity contribution in [1.82, 2.24) is 0 Å². The second kappa shape index (κ2) is 4.10. The molecule has 1 fully saturated rings. The minimum absolute atomic E-state index is 0. The first-order valence-corrected chi connectivity index (χ1v) is 4.06. The molecule has 0 radical (unpaired) electrons. The number of hydrogen-bond acceptors (Lipinski definition) is 1. The summed E-state index contributed by atoms with van der Waals surface area (Å²) in [6, 6.07) is 0. The van der Waals surface area contributed by atoms with Crippen LogP contribution < -0.4 is 12.4 Å². The molecule has 1 N–H and O–H groups in total. The SMILES string of the molecule is C[N+]1(C)CCC(C(=O)O)CC1.[Cl-]. The second-order valence-electron chi connectivity index (χ2n) is 4.00. The molecule has 4 heteroatoms. The molecular weight excluding hydrogens is 178 g/mol. The number of nitrogens with zero attached hydrogens (tertiary/aromatic N) is 1. The highest BCUT2D eigenvalue weighted by Crippen LogP contribution is 2.19. The van der Waals surface area contributed by atoms with Crippen LogP contribution in [0.3, 0.4) is 0 Å². The van der Waals surface area contributed by atoms with Gasteiger partial charge in [0, 0.05) is 12.8 Å². The lowest BCUT2D eigenvalue weighted by atomic mass is 9.96. The topological polar surface area (TPSA) is 37.3 Å². The van der Waals surface area contributed by atoms with Crippen LogP contribution in [0.25, 0.3) is 0 Å². The summed E-state index contributed by atoms with van der Waals surface area (Å²) in [4.78, 5) is 10.6. The molecule has 0 unspecified atom stereocenters. The average molecular weight is 194 g/mol. The third-order valence-electron chi connectivity index (χ3n) is 2.52. The quantitative estimate of drug-likeness (QED) is 0.470. The van der Waals surface area contributed by atoms with E-state index in [1.165, 1.54) is 0 Å². The van der Waals surface area contributed by atoms with Gasteiger partial charge >= 0.3 is 5.97 Å². The average Bonchev–Trinajstić information content (AvgIpc) is 1.86. The van der Waals surface area contributed by atoms with Gasteiger partial charge in [-0.2, -0.15) is 0 Å². The van der Waals surface area contributed by atoms with Crippen molar-refractivity contribution in [3.63, 3.8) is 0 Å². The molecular formula is C8H16ClNO2. The monoisotopic (exact) mass is 193 g/mol. The number of carbonyl (C=O) groups is 1. The maximum atomic E-state index is 10.6. The Hall–Kier alpha value is -0.280. The number of piperidine rings is 1. The van der Waals surface area contributed by atoms with Crippen LogP contribution in [0, 0.1) is 5.92 Å². The summed E-state index contributed by atoms with van der Waals surface area (Å²) in [5.41, 5.74) is 0. The van der Waals surface area contributed by atoms with Crippen LogP contribution in [-0.2, 0) is 4.79 Å². The van der Waals surface area contributed by atoms with Gasteiger partial charge in [-0.25, -0.2) is 0 Å². The van der Waals surface area contributed by atoms with Gasteiger partial charge in [0.1, 0.15) is 0 Å². The normalized spacial score (nSPS) is 22.8. The third-order valence-corrected chi connectivity index (χ3v) is 2.52. The van der Waals surface area contributed by atoms with Crippen LogP contribution >= 0.6 is 0 Å². The van der Waals surface area contributed by atoms with E-state index in [1.807, 2.05) is 0 Å². The van der Waals surface area contributed by atoms with Gasteiger partial charge in [0.05, 0.1) is 33.1 Å². The molecule has 1 rings (SSSR count). The van der Waals surface area contributed by atoms with E-state index in [-0.39, 0.29) is 18.3 Å². The van der Waals surface area contributed by atoms with E-state index < -0.39 is 5.97 Å². The third kappa shape index (κ3) is 2.99. The van der Waals surface area contributed by atoms with E-state index >= 15 is 0 Å². The highest BCUT2D eigenvalue weighted by molar-refractivity contribution is 5.69. The zero-order valence-electron chi connectivity index (χ0n) is 7.59. The van der Waals surface area contributed by atoms with Crippen molar-refractivity contribution in [3.8, 4) is 0 Å². The fourth-order valence-corrected chi connectivity index (χ4v) is 1.51. The van der Waals surface area contributed by atoms with Crippen molar-refractivity contribution in [1.29, 1.82) is 0 Å². The van der Waals surface area contributed by atoms with Crippen LogP contribution in [-0.4, -0.2) is 42.7 Å². The highest BCUT2D eigenvalue weighted by atomic mass is 35.5. The van der Waals surface area contributed by atoms with E-state index in [4.69, 9.17) is 5.11 Å². The molecule has 0 aromatic carbocycles. The summed E-state index contributed by atoms with van der Waals surface area (Å²) in [6.45, 7) is 1.99. The van der Waals surface area contributed by atoms with Gasteiger partial charge in [0.15, 0.2) is 0 Å². The fraction of sp³-hybridized carbons (Fsp3) is 0.875. The number of rotatable bonds is 1. The number of carboxylic acid groups (broad SMARTS) is 1. The molecule has 0 aromatic rings. The Kier molecular flexibility index (Phi) is 4.00. The van der Waals surface area contributed by atoms with Gasteiger partial charge in [0.25, 0.3) is 0 Å². The Morgan fingerprint density at radius 2 is 1.75 bits per heavy atom. The first-order valence-electron chi connectivity index (χ1n) is 4.06. The molecule has 1 heterocycles. The standard InChI is InChI=1S/C8H15NO2.ClH/c1-9(2)5-3-7(4-6-9)8(10)11;/h7H,3-6H2,1-2H3;1H. The van der Waals surface area contributed by atoms with Crippen LogP contribution in [0.5, 0.6) is 0 Å². The van der Waals surface area contributed by atoms with Crippen LogP contribution in [0.4, 0.5) is 0 Å². The lowest BCUT2D eigenvalue weighted by Gasteiger charge is -2.35. The van der Waals surface area contributed by atoms with Crippen molar-refractivity contribution < 1.29 is 26.8 Å². The van der Waals surface area contributed by atoms with Crippen LogP contribution in [0.1, 0.15) is 12.8 Å². The van der Waals surface area contributed by atoms with Crippen molar-refractivity contribution >= 4 is 5.97 Å². The van der Waals surface area contributed by atoms with Gasteiger partial charge in [-0.1, -0.05) is 0 Å². The Balaban J connectivity index is 0.00000121. The smallest absolute Gasteiger partial charge is 0.306 e. The number of aliphatic carboxylic acids is 1. The molecule has 1 aliphatic rings. The first-order chi connectivity index (χ1) is 5.01. The maximum absolute atomic E-state index is 10.6. The zero-order valence-corrected chi connectivity index (χ0v) is 8.34. The molecule has 0 saturated carbocycles. The summed E-state index contributed by atoms with van der Waals surface area (Å²) in [7, 11) is 4.30. The van der Waals surface area contributed by atoms with Crippen LogP contribution in [0.2, 0.25) is 0 Å². The van der Waals surface area contributed by atoms with E-state index in [1.54, 1.807) is 0 Å². The summed E-state index contributed by atoms with van der Waals surface area (Å²) < 4.78 is 0.976. The molecule has 1 saturated heterocycles. The predicted molar refractivity (Wildman–Crippen MR) is 42.2 cm³/mol. The molecule has 0 aliphatic carbocycles. The molecule has 1 aliphatic heterocycles. The second-order valence-corrected chi connectivity index (χ2v) is 4.00. The lowest BCUT2D eigenvalue weighted by molar-refractivity contribution is -0.895. The Morgan fingerprint density at radius 1 is 1.33 bits per heavy atom. The molecule has 0 amide bonds. The van der Waals surface area contributed by atoms with Gasteiger partial charge in [-0.3, -0.25) is 4.79 Å². The van der Waals surface area contributed by atoms with E-state index in [0.29, 0.717) is 0 Å². The minimum atomic E-state index is -0.621. The number of likely N-dealkylation sites (tertiary alicyclic amines) is 1. The van der Waals surface area contributed by atoms with Gasteiger partial charge in [-0.05, 0) is 0 Å². The minimum Gasteiger partial charge on any atom is -1.00 e. The Bertz CT molecular complexity index is 160. The summed E-state index contributed by atoms with van der Waals surface area (Å²) in [6.07, 6.45) is 1.67. The number of carboxylic acids is 1. The summed E-state index contributed by atoms with van der Waals surface area (Å²) >= 11 is 0. The highest BCUT2D eigenvalue weighted by Gasteiger charge is 2.29. The van der Waals surface area contributed by atoms with Gasteiger partial charge in [0.2, 0.25) is 0 Å². The first kappa shape index (κ1) is 11.7. The molecule has 72 valence electrons. The molecule has 0 atom stereocenters. The lowest BCUT2D eigenvalue weighted by Crippen LogP contribution is -3.00. The molecule has 0 bridgehead atoms.